The van der Waals surface area contributed by atoms with Crippen molar-refractivity contribution < 1.29 is 4.74 Å². The van der Waals surface area contributed by atoms with E-state index in [0.717, 1.165) is 38.1 Å². The standard InChI is InChI=1S/C13H18N4O/c14-5-2-11-12(10-3-8-18-9-4-10)16-17-7-1-6-15-13(11)17/h1,6-7,10H,2-5,8-9,14H2. The Morgan fingerprint density at radius 2 is 2.22 bits per heavy atom. The third kappa shape index (κ3) is 2.00. The molecule has 3 rings (SSSR count). The molecule has 0 saturated carbocycles. The minimum absolute atomic E-state index is 0.488. The van der Waals surface area contributed by atoms with Crippen molar-refractivity contribution in [3.05, 3.63) is 29.7 Å². The molecule has 2 aromatic heterocycles. The predicted molar refractivity (Wildman–Crippen MR) is 68.5 cm³/mol. The summed E-state index contributed by atoms with van der Waals surface area (Å²) >= 11 is 0. The van der Waals surface area contributed by atoms with Crippen molar-refractivity contribution in [1.82, 2.24) is 14.6 Å². The Hall–Kier alpha value is -1.46. The van der Waals surface area contributed by atoms with Crippen molar-refractivity contribution in [2.45, 2.75) is 25.2 Å². The van der Waals surface area contributed by atoms with Crippen molar-refractivity contribution in [2.24, 2.45) is 5.73 Å². The molecular weight excluding hydrogens is 228 g/mol. The number of aromatic nitrogens is 3. The number of fused-ring (bicyclic) bond motifs is 1. The van der Waals surface area contributed by atoms with E-state index in [9.17, 15) is 0 Å². The van der Waals surface area contributed by atoms with E-state index in [1.165, 1.54) is 11.3 Å². The molecule has 3 heterocycles. The van der Waals surface area contributed by atoms with E-state index in [2.05, 4.69) is 4.98 Å². The number of nitrogens with zero attached hydrogens (tertiary/aromatic N) is 3. The highest BCUT2D eigenvalue weighted by Gasteiger charge is 2.23. The zero-order valence-electron chi connectivity index (χ0n) is 10.4. The van der Waals surface area contributed by atoms with E-state index >= 15 is 0 Å². The summed E-state index contributed by atoms with van der Waals surface area (Å²) in [5.41, 5.74) is 9.05. The van der Waals surface area contributed by atoms with Crippen molar-refractivity contribution in [1.29, 1.82) is 0 Å². The lowest BCUT2D eigenvalue weighted by molar-refractivity contribution is 0.0843. The molecule has 0 aliphatic carbocycles. The quantitative estimate of drug-likeness (QED) is 0.881. The molecule has 1 fully saturated rings. The Kier molecular flexibility index (Phi) is 3.25. The SMILES string of the molecule is NCCc1c(C2CCOCC2)nn2cccnc12. The van der Waals surface area contributed by atoms with Crippen LogP contribution in [0.3, 0.4) is 0 Å². The van der Waals surface area contributed by atoms with E-state index < -0.39 is 0 Å². The summed E-state index contributed by atoms with van der Waals surface area (Å²) in [6, 6.07) is 1.90. The van der Waals surface area contributed by atoms with Crippen LogP contribution in [0.5, 0.6) is 0 Å². The lowest BCUT2D eigenvalue weighted by atomic mass is 9.93. The third-order valence-electron chi connectivity index (χ3n) is 3.52. The Morgan fingerprint density at radius 1 is 1.39 bits per heavy atom. The molecule has 5 heteroatoms. The topological polar surface area (TPSA) is 65.4 Å². The predicted octanol–water partition coefficient (Wildman–Crippen LogP) is 1.12. The molecule has 2 N–H and O–H groups in total. The van der Waals surface area contributed by atoms with Gasteiger partial charge in [-0.15, -0.1) is 0 Å². The summed E-state index contributed by atoms with van der Waals surface area (Å²) in [5.74, 6) is 0.488. The van der Waals surface area contributed by atoms with Gasteiger partial charge in [0.25, 0.3) is 0 Å². The van der Waals surface area contributed by atoms with Crippen LogP contribution in [0.15, 0.2) is 18.5 Å². The average molecular weight is 246 g/mol. The summed E-state index contributed by atoms with van der Waals surface area (Å²) in [7, 11) is 0. The van der Waals surface area contributed by atoms with Crippen LogP contribution in [-0.2, 0) is 11.2 Å². The monoisotopic (exact) mass is 246 g/mol. The van der Waals surface area contributed by atoms with Gasteiger partial charge in [0.1, 0.15) is 0 Å². The number of hydrogen-bond acceptors (Lipinski definition) is 4. The van der Waals surface area contributed by atoms with E-state index in [1.54, 1.807) is 0 Å². The van der Waals surface area contributed by atoms with Crippen LogP contribution in [0.4, 0.5) is 0 Å². The molecular formula is C13H18N4O. The minimum Gasteiger partial charge on any atom is -0.381 e. The maximum absolute atomic E-state index is 5.72. The summed E-state index contributed by atoms with van der Waals surface area (Å²) in [5, 5.41) is 4.70. The number of ether oxygens (including phenoxy) is 1. The Bertz CT molecular complexity index is 531. The van der Waals surface area contributed by atoms with Gasteiger partial charge in [0, 0.05) is 37.1 Å². The molecule has 1 saturated heterocycles. The summed E-state index contributed by atoms with van der Waals surface area (Å²) in [6.45, 7) is 2.29. The van der Waals surface area contributed by atoms with E-state index in [-0.39, 0.29) is 0 Å². The molecule has 2 aromatic rings. The molecule has 96 valence electrons. The van der Waals surface area contributed by atoms with Gasteiger partial charge in [0.2, 0.25) is 0 Å². The Morgan fingerprint density at radius 3 is 3.00 bits per heavy atom. The van der Waals surface area contributed by atoms with Crippen LogP contribution in [-0.4, -0.2) is 34.4 Å². The van der Waals surface area contributed by atoms with Crippen LogP contribution in [0, 0.1) is 0 Å². The van der Waals surface area contributed by atoms with Crippen LogP contribution in [0.1, 0.15) is 30.0 Å². The van der Waals surface area contributed by atoms with E-state index in [4.69, 9.17) is 15.6 Å². The number of hydrogen-bond donors (Lipinski definition) is 1. The first-order valence-electron chi connectivity index (χ1n) is 6.50. The lowest BCUT2D eigenvalue weighted by Gasteiger charge is -2.21. The maximum atomic E-state index is 5.72. The molecule has 0 amide bonds. The number of nitrogens with two attached hydrogens (primary N) is 1. The molecule has 0 unspecified atom stereocenters. The second-order valence-electron chi connectivity index (χ2n) is 4.68. The van der Waals surface area contributed by atoms with Crippen molar-refractivity contribution in [2.75, 3.05) is 19.8 Å². The normalized spacial score (nSPS) is 17.4. The Balaban J connectivity index is 2.05. The first kappa shape index (κ1) is 11.6. The largest absolute Gasteiger partial charge is 0.381 e. The molecule has 1 aliphatic rings. The van der Waals surface area contributed by atoms with Gasteiger partial charge < -0.3 is 10.5 Å². The fourth-order valence-corrected chi connectivity index (χ4v) is 2.63. The van der Waals surface area contributed by atoms with Crippen molar-refractivity contribution in [3.63, 3.8) is 0 Å². The highest BCUT2D eigenvalue weighted by molar-refractivity contribution is 5.51. The van der Waals surface area contributed by atoms with Gasteiger partial charge in [0.05, 0.1) is 5.69 Å². The fourth-order valence-electron chi connectivity index (χ4n) is 2.63. The molecule has 18 heavy (non-hydrogen) atoms. The van der Waals surface area contributed by atoms with Crippen LogP contribution < -0.4 is 5.73 Å². The second kappa shape index (κ2) is 5.04. The van der Waals surface area contributed by atoms with Gasteiger partial charge in [-0.25, -0.2) is 9.50 Å². The third-order valence-corrected chi connectivity index (χ3v) is 3.52. The van der Waals surface area contributed by atoms with E-state index in [1.807, 2.05) is 23.0 Å². The average Bonchev–Trinajstić information content (AvgIpc) is 2.80. The smallest absolute Gasteiger partial charge is 0.158 e. The zero-order chi connectivity index (χ0) is 12.4. The summed E-state index contributed by atoms with van der Waals surface area (Å²) < 4.78 is 7.29. The maximum Gasteiger partial charge on any atom is 0.158 e. The van der Waals surface area contributed by atoms with Crippen molar-refractivity contribution >= 4 is 5.65 Å². The molecule has 1 aliphatic heterocycles. The molecule has 0 atom stereocenters. The van der Waals surface area contributed by atoms with Crippen LogP contribution >= 0.6 is 0 Å². The van der Waals surface area contributed by atoms with Crippen LogP contribution in [0.25, 0.3) is 5.65 Å². The van der Waals surface area contributed by atoms with Gasteiger partial charge in [-0.3, -0.25) is 0 Å². The van der Waals surface area contributed by atoms with Gasteiger partial charge in [0.15, 0.2) is 5.65 Å². The van der Waals surface area contributed by atoms with Gasteiger partial charge in [-0.1, -0.05) is 0 Å². The highest BCUT2D eigenvalue weighted by Crippen LogP contribution is 2.30. The molecule has 0 bridgehead atoms. The van der Waals surface area contributed by atoms with E-state index in [0.29, 0.717) is 12.5 Å². The number of rotatable bonds is 3. The van der Waals surface area contributed by atoms with Gasteiger partial charge >= 0.3 is 0 Å². The van der Waals surface area contributed by atoms with Gasteiger partial charge in [-0.2, -0.15) is 5.10 Å². The first-order valence-corrected chi connectivity index (χ1v) is 6.50. The second-order valence-corrected chi connectivity index (χ2v) is 4.68. The zero-order valence-corrected chi connectivity index (χ0v) is 10.4. The molecule has 0 aromatic carbocycles. The molecule has 5 nitrogen and oxygen atoms in total. The molecule has 0 radical (unpaired) electrons. The minimum atomic E-state index is 0.488. The fraction of sp³-hybridized carbons (Fsp3) is 0.538. The van der Waals surface area contributed by atoms with Crippen LogP contribution in [0.2, 0.25) is 0 Å². The lowest BCUT2D eigenvalue weighted by Crippen LogP contribution is -2.16. The Labute approximate surface area is 106 Å². The first-order chi connectivity index (χ1) is 8.90. The molecule has 0 spiro atoms. The van der Waals surface area contributed by atoms with Gasteiger partial charge in [-0.05, 0) is 31.9 Å². The summed E-state index contributed by atoms with van der Waals surface area (Å²) in [4.78, 5) is 4.43. The highest BCUT2D eigenvalue weighted by atomic mass is 16.5. The van der Waals surface area contributed by atoms with Crippen molar-refractivity contribution in [3.8, 4) is 0 Å². The summed E-state index contributed by atoms with van der Waals surface area (Å²) in [6.07, 6.45) is 6.69.